The van der Waals surface area contributed by atoms with Crippen molar-refractivity contribution in [3.8, 4) is 0 Å². The van der Waals surface area contributed by atoms with Gasteiger partial charge in [0.25, 0.3) is 0 Å². The molecule has 1 amide bonds. The number of benzene rings is 1. The molecule has 0 saturated carbocycles. The number of nitrogens with zero attached hydrogens (tertiary/aromatic N) is 2. The van der Waals surface area contributed by atoms with E-state index >= 15 is 0 Å². The molecule has 2 heterocycles. The Kier molecular flexibility index (Phi) is 6.09. The Morgan fingerprint density at radius 1 is 1.29 bits per heavy atom. The molecule has 1 saturated heterocycles. The maximum atomic E-state index is 13.0. The summed E-state index contributed by atoms with van der Waals surface area (Å²) in [6.07, 6.45) is -3.23. The number of quaternary nitrogens is 1. The van der Waals surface area contributed by atoms with E-state index < -0.39 is 11.7 Å². The highest BCUT2D eigenvalue weighted by molar-refractivity contribution is 7.14. The van der Waals surface area contributed by atoms with Crippen LogP contribution >= 0.6 is 11.3 Å². The second-order valence-corrected chi connectivity index (χ2v) is 8.64. The molecule has 0 unspecified atom stereocenters. The van der Waals surface area contributed by atoms with Crippen LogP contribution < -0.4 is 9.80 Å². The number of aromatic nitrogens is 1. The van der Waals surface area contributed by atoms with Gasteiger partial charge in [0, 0.05) is 24.1 Å². The number of likely N-dealkylation sites (tertiary alicyclic amines) is 1. The Morgan fingerprint density at radius 2 is 1.96 bits per heavy atom. The summed E-state index contributed by atoms with van der Waals surface area (Å²) in [4.78, 5) is 19.5. The van der Waals surface area contributed by atoms with E-state index in [9.17, 15) is 18.0 Å². The largest absolute Gasteiger partial charge is 0.416 e. The Bertz CT molecular complexity index is 826. The average molecular weight is 413 g/mol. The lowest BCUT2D eigenvalue weighted by atomic mass is 9.92. The fraction of sp³-hybridized carbons (Fsp3) is 0.500. The van der Waals surface area contributed by atoms with Gasteiger partial charge in [0.15, 0.2) is 5.13 Å². The predicted molar refractivity (Wildman–Crippen MR) is 104 cm³/mol. The molecule has 0 radical (unpaired) electrons. The van der Waals surface area contributed by atoms with Gasteiger partial charge in [0.05, 0.1) is 24.3 Å². The topological polar surface area (TPSA) is 37.6 Å². The second kappa shape index (κ2) is 8.21. The Hall–Kier alpha value is -1.93. The van der Waals surface area contributed by atoms with E-state index in [0.29, 0.717) is 17.0 Å². The molecule has 4 nitrogen and oxygen atoms in total. The van der Waals surface area contributed by atoms with Crippen molar-refractivity contribution in [2.45, 2.75) is 39.9 Å². The minimum Gasteiger partial charge on any atom is -0.329 e. The van der Waals surface area contributed by atoms with Crippen LogP contribution in [-0.2, 0) is 17.5 Å². The third kappa shape index (κ3) is 4.91. The molecular weight excluding hydrogens is 387 g/mol. The minimum absolute atomic E-state index is 0.177. The number of hydrogen-bond donors (Lipinski definition) is 1. The molecule has 2 aromatic rings. The van der Waals surface area contributed by atoms with Gasteiger partial charge in [-0.2, -0.15) is 13.2 Å². The van der Waals surface area contributed by atoms with Crippen molar-refractivity contribution in [1.82, 2.24) is 4.98 Å². The van der Waals surface area contributed by atoms with Gasteiger partial charge in [-0.3, -0.25) is 9.69 Å². The van der Waals surface area contributed by atoms with Crippen LogP contribution in [0, 0.1) is 11.8 Å². The van der Waals surface area contributed by atoms with Crippen LogP contribution in [0.15, 0.2) is 29.6 Å². The second-order valence-electron chi connectivity index (χ2n) is 7.81. The smallest absolute Gasteiger partial charge is 0.329 e. The molecule has 2 atom stereocenters. The summed E-state index contributed by atoms with van der Waals surface area (Å²) in [5.41, 5.74) is 0.263. The molecule has 1 aromatic heterocycles. The molecule has 1 aliphatic rings. The number of piperidine rings is 1. The average Bonchev–Trinajstić information content (AvgIpc) is 3.01. The Balaban J connectivity index is 1.82. The van der Waals surface area contributed by atoms with Crippen LogP contribution in [-0.4, -0.2) is 24.0 Å². The molecule has 152 valence electrons. The normalized spacial score (nSPS) is 22.9. The monoisotopic (exact) mass is 412 g/mol. The summed E-state index contributed by atoms with van der Waals surface area (Å²) in [6.45, 7) is 8.78. The summed E-state index contributed by atoms with van der Waals surface area (Å²) in [5, 5.41) is 2.30. The number of anilines is 2. The van der Waals surface area contributed by atoms with Crippen LogP contribution in [0.3, 0.4) is 0 Å². The summed E-state index contributed by atoms with van der Waals surface area (Å²) in [7, 11) is 0. The van der Waals surface area contributed by atoms with Crippen molar-refractivity contribution in [2.75, 3.05) is 18.0 Å². The molecule has 1 N–H and O–H groups in total. The summed E-state index contributed by atoms with van der Waals surface area (Å²) < 4.78 is 39.1. The van der Waals surface area contributed by atoms with Crippen LogP contribution in [0.5, 0.6) is 0 Å². The minimum atomic E-state index is -4.46. The molecule has 1 fully saturated rings. The number of halogens is 3. The molecule has 1 aromatic carbocycles. The first-order valence-electron chi connectivity index (χ1n) is 9.39. The quantitative estimate of drug-likeness (QED) is 0.827. The highest BCUT2D eigenvalue weighted by Gasteiger charge is 2.32. The Labute approximate surface area is 167 Å². The SMILES string of the molecule is CC(=O)N(c1cccc(C(F)(F)F)c1)c1nc(C[NH+]2C[C@@H](C)C[C@H](C)C2)cs1. The van der Waals surface area contributed by atoms with Gasteiger partial charge in [-0.1, -0.05) is 19.9 Å². The molecule has 0 spiro atoms. The Morgan fingerprint density at radius 3 is 2.57 bits per heavy atom. The number of nitrogens with one attached hydrogen (secondary N) is 1. The maximum Gasteiger partial charge on any atom is 0.416 e. The van der Waals surface area contributed by atoms with E-state index in [1.54, 1.807) is 0 Å². The van der Waals surface area contributed by atoms with E-state index in [4.69, 9.17) is 0 Å². The molecule has 8 heteroatoms. The van der Waals surface area contributed by atoms with Crippen LogP contribution in [0.4, 0.5) is 24.0 Å². The number of amides is 1. The number of carbonyl (C=O) groups is 1. The third-order valence-electron chi connectivity index (χ3n) is 4.99. The van der Waals surface area contributed by atoms with Crippen LogP contribution in [0.2, 0.25) is 0 Å². The highest BCUT2D eigenvalue weighted by atomic mass is 32.1. The van der Waals surface area contributed by atoms with E-state index in [0.717, 1.165) is 37.5 Å². The number of thiazole rings is 1. The molecule has 3 rings (SSSR count). The summed E-state index contributed by atoms with van der Waals surface area (Å²) in [5.74, 6) is 0.958. The van der Waals surface area contributed by atoms with E-state index in [2.05, 4.69) is 18.8 Å². The lowest BCUT2D eigenvalue weighted by Gasteiger charge is -2.31. The fourth-order valence-corrected chi connectivity index (χ4v) is 4.94. The van der Waals surface area contributed by atoms with Gasteiger partial charge in [-0.25, -0.2) is 4.98 Å². The first-order valence-corrected chi connectivity index (χ1v) is 10.3. The third-order valence-corrected chi connectivity index (χ3v) is 5.86. The number of hydrogen-bond acceptors (Lipinski definition) is 3. The molecule has 0 aliphatic carbocycles. The molecular formula is C20H25F3N3OS+. The lowest BCUT2D eigenvalue weighted by molar-refractivity contribution is -0.925. The van der Waals surface area contributed by atoms with E-state index in [-0.39, 0.29) is 11.6 Å². The molecule has 1 aliphatic heterocycles. The van der Waals surface area contributed by atoms with Crippen molar-refractivity contribution < 1.29 is 22.9 Å². The van der Waals surface area contributed by atoms with Crippen LogP contribution in [0.1, 0.15) is 38.4 Å². The van der Waals surface area contributed by atoms with Crippen molar-refractivity contribution in [2.24, 2.45) is 11.8 Å². The van der Waals surface area contributed by atoms with Crippen molar-refractivity contribution in [3.05, 3.63) is 40.9 Å². The first-order chi connectivity index (χ1) is 13.1. The van der Waals surface area contributed by atoms with Gasteiger partial charge in [-0.05, 0) is 24.6 Å². The van der Waals surface area contributed by atoms with Gasteiger partial charge in [0.2, 0.25) is 5.91 Å². The zero-order chi connectivity index (χ0) is 20.5. The predicted octanol–water partition coefficient (Wildman–Crippen LogP) is 3.91. The fourth-order valence-electron chi connectivity index (χ4n) is 4.05. The number of alkyl halides is 3. The molecule has 28 heavy (non-hydrogen) atoms. The zero-order valence-electron chi connectivity index (χ0n) is 16.2. The van der Waals surface area contributed by atoms with E-state index in [1.165, 1.54) is 46.6 Å². The van der Waals surface area contributed by atoms with E-state index in [1.807, 2.05) is 5.38 Å². The first kappa shape index (κ1) is 20.8. The summed E-state index contributed by atoms with van der Waals surface area (Å²) in [6, 6.07) is 4.79. The summed E-state index contributed by atoms with van der Waals surface area (Å²) >= 11 is 1.28. The standard InChI is InChI=1S/C20H24F3N3OS/c1-13-7-14(2)10-25(9-13)11-17-12-28-19(24-17)26(15(3)27)18-6-4-5-16(8-18)20(21,22)23/h4-6,8,12-14H,7,9-11H2,1-3H3/p+1/t13-,14-/m0/s1. The zero-order valence-corrected chi connectivity index (χ0v) is 17.0. The lowest BCUT2D eigenvalue weighted by Crippen LogP contribution is -3.13. The number of carbonyl (C=O) groups excluding carboxylic acids is 1. The maximum absolute atomic E-state index is 13.0. The van der Waals surface area contributed by atoms with Gasteiger partial charge in [-0.15, -0.1) is 11.3 Å². The van der Waals surface area contributed by atoms with Crippen molar-refractivity contribution in [1.29, 1.82) is 0 Å². The van der Waals surface area contributed by atoms with Crippen molar-refractivity contribution >= 4 is 28.1 Å². The van der Waals surface area contributed by atoms with Gasteiger partial charge < -0.3 is 4.90 Å². The van der Waals surface area contributed by atoms with Crippen LogP contribution in [0.25, 0.3) is 0 Å². The highest BCUT2D eigenvalue weighted by Crippen LogP contribution is 2.34. The van der Waals surface area contributed by atoms with Crippen molar-refractivity contribution in [3.63, 3.8) is 0 Å². The molecule has 0 bridgehead atoms. The van der Waals surface area contributed by atoms with Gasteiger partial charge in [0.1, 0.15) is 12.2 Å². The number of rotatable bonds is 4. The van der Waals surface area contributed by atoms with Gasteiger partial charge >= 0.3 is 6.18 Å².